The number of aliphatic carboxylic acids is 1. The average Bonchev–Trinajstić information content (AvgIpc) is 3.28. The third-order valence-electron chi connectivity index (χ3n) is 5.00. The van der Waals surface area contributed by atoms with Crippen LogP contribution in [-0.4, -0.2) is 73.8 Å². The molecular formula is C19H19N8O6S2+. The van der Waals surface area contributed by atoms with Gasteiger partial charge in [-0.1, -0.05) is 5.16 Å². The van der Waals surface area contributed by atoms with Crippen molar-refractivity contribution in [2.75, 3.05) is 18.5 Å². The van der Waals surface area contributed by atoms with Crippen LogP contribution in [0, 0.1) is 0 Å². The number of nitrogens with two attached hydrogens (primary N) is 1. The van der Waals surface area contributed by atoms with E-state index in [1.165, 1.54) is 24.2 Å². The van der Waals surface area contributed by atoms with E-state index in [9.17, 15) is 24.3 Å². The lowest BCUT2D eigenvalue weighted by atomic mass is 10.0. The molecule has 16 heteroatoms. The molecule has 35 heavy (non-hydrogen) atoms. The molecule has 0 saturated carbocycles. The van der Waals surface area contributed by atoms with Crippen LogP contribution in [0.25, 0.3) is 0 Å². The number of anilines is 1. The zero-order valence-corrected chi connectivity index (χ0v) is 19.7. The van der Waals surface area contributed by atoms with E-state index in [4.69, 9.17) is 5.73 Å². The first-order chi connectivity index (χ1) is 16.8. The second kappa shape index (κ2) is 10.1. The molecule has 0 aliphatic carbocycles. The summed E-state index contributed by atoms with van der Waals surface area (Å²) in [6.07, 6.45) is 5.61. The van der Waals surface area contributed by atoms with Crippen molar-refractivity contribution >= 4 is 57.8 Å². The van der Waals surface area contributed by atoms with Crippen LogP contribution in [0.3, 0.4) is 0 Å². The van der Waals surface area contributed by atoms with Crippen molar-refractivity contribution in [3.05, 3.63) is 47.1 Å². The summed E-state index contributed by atoms with van der Waals surface area (Å²) >= 11 is 2.37. The molecule has 1 saturated heterocycles. The highest BCUT2D eigenvalue weighted by atomic mass is 32.2. The van der Waals surface area contributed by atoms with Gasteiger partial charge in [0.15, 0.2) is 29.8 Å². The smallest absolute Gasteiger partial charge is 0.433 e. The van der Waals surface area contributed by atoms with E-state index >= 15 is 0 Å². The van der Waals surface area contributed by atoms with Crippen LogP contribution in [-0.2, 0) is 25.8 Å². The molecule has 0 bridgehead atoms. The van der Waals surface area contributed by atoms with Crippen LogP contribution in [0.5, 0.6) is 0 Å². The number of nitrogens with zero attached hydrogens (tertiary/aromatic N) is 5. The Kier molecular flexibility index (Phi) is 6.92. The monoisotopic (exact) mass is 519 g/mol. The number of fused-ring (bicyclic) bond motifs is 1. The Bertz CT molecular complexity index is 1250. The summed E-state index contributed by atoms with van der Waals surface area (Å²) in [6, 6.07) is -1.02. The van der Waals surface area contributed by atoms with E-state index in [1.807, 2.05) is 0 Å². The molecule has 4 rings (SSSR count). The first kappa shape index (κ1) is 24.1. The summed E-state index contributed by atoms with van der Waals surface area (Å²) in [5.74, 6) is -2.33. The lowest BCUT2D eigenvalue weighted by Gasteiger charge is -2.49. The van der Waals surface area contributed by atoms with Gasteiger partial charge in [-0.25, -0.2) is 14.6 Å². The molecule has 2 atom stereocenters. The Labute approximate surface area is 205 Å². The Balaban J connectivity index is 1.53. The van der Waals surface area contributed by atoms with Gasteiger partial charge < -0.3 is 21.5 Å². The number of nitrogen functional groups attached to an aromatic ring is 1. The molecule has 1 fully saturated rings. The number of hydrogen-bond acceptors (Lipinski definition) is 11. The van der Waals surface area contributed by atoms with Crippen LogP contribution in [0.15, 0.2) is 46.6 Å². The molecule has 0 radical (unpaired) electrons. The van der Waals surface area contributed by atoms with Crippen LogP contribution in [0.1, 0.15) is 5.69 Å². The molecule has 2 aromatic heterocycles. The quantitative estimate of drug-likeness (QED) is 0.115. The topological polar surface area (TPSA) is 193 Å². The maximum absolute atomic E-state index is 13.0. The fourth-order valence-corrected chi connectivity index (χ4v) is 5.30. The number of carboxylic acids is 1. The summed E-state index contributed by atoms with van der Waals surface area (Å²) in [4.78, 5) is 63.0. The number of amides is 3. The number of rotatable bonds is 7. The number of hydrogen-bond donors (Lipinski definition) is 4. The SMILES string of the molecule is CNC(=O)O/N=C(/C(=O)NC1C(=O)N2C(C(=O)O)=C(C[n+]3ccncc3)CS[C@H]12)c1csc(N)n1. The Morgan fingerprint density at radius 3 is 2.74 bits per heavy atom. The third-order valence-corrected chi connectivity index (χ3v) is 7.02. The first-order valence-electron chi connectivity index (χ1n) is 9.98. The molecule has 0 aromatic carbocycles. The van der Waals surface area contributed by atoms with Crippen molar-refractivity contribution in [1.29, 1.82) is 0 Å². The summed E-state index contributed by atoms with van der Waals surface area (Å²) in [6.45, 7) is 0.267. The Morgan fingerprint density at radius 2 is 2.11 bits per heavy atom. The highest BCUT2D eigenvalue weighted by Gasteiger charge is 2.54. The fourth-order valence-electron chi connectivity index (χ4n) is 3.42. The molecule has 182 valence electrons. The van der Waals surface area contributed by atoms with Gasteiger partial charge in [-0.15, -0.1) is 23.1 Å². The van der Waals surface area contributed by atoms with Crippen molar-refractivity contribution in [3.8, 4) is 0 Å². The number of carboxylic acid groups (broad SMARTS) is 1. The average molecular weight is 520 g/mol. The predicted molar refractivity (Wildman–Crippen MR) is 123 cm³/mol. The normalized spacial score (nSPS) is 19.5. The van der Waals surface area contributed by atoms with Crippen LogP contribution in [0.4, 0.5) is 9.93 Å². The number of thioether (sulfide) groups is 1. The highest BCUT2D eigenvalue weighted by molar-refractivity contribution is 8.00. The van der Waals surface area contributed by atoms with Gasteiger partial charge in [0.25, 0.3) is 11.8 Å². The van der Waals surface area contributed by atoms with Gasteiger partial charge in [-0.05, 0) is 0 Å². The van der Waals surface area contributed by atoms with E-state index in [0.717, 1.165) is 16.2 Å². The van der Waals surface area contributed by atoms with Crippen molar-refractivity contribution < 1.29 is 33.7 Å². The van der Waals surface area contributed by atoms with Gasteiger partial charge in [0, 0.05) is 23.8 Å². The van der Waals surface area contributed by atoms with E-state index in [1.54, 1.807) is 29.4 Å². The number of carbonyl (C=O) groups excluding carboxylic acids is 3. The lowest BCUT2D eigenvalue weighted by Crippen LogP contribution is -2.71. The van der Waals surface area contributed by atoms with E-state index in [2.05, 4.69) is 30.6 Å². The van der Waals surface area contributed by atoms with Crippen LogP contribution in [0.2, 0.25) is 0 Å². The molecule has 0 spiro atoms. The summed E-state index contributed by atoms with van der Waals surface area (Å²) in [5, 5.41) is 19.1. The summed E-state index contributed by atoms with van der Waals surface area (Å²) in [7, 11) is 1.31. The maximum atomic E-state index is 13.0. The zero-order valence-electron chi connectivity index (χ0n) is 18.1. The minimum atomic E-state index is -1.24. The van der Waals surface area contributed by atoms with Gasteiger partial charge in [0.1, 0.15) is 22.8 Å². The third kappa shape index (κ3) is 4.92. The number of thiazole rings is 1. The van der Waals surface area contributed by atoms with Crippen molar-refractivity contribution in [2.45, 2.75) is 18.0 Å². The van der Waals surface area contributed by atoms with Crippen molar-refractivity contribution in [3.63, 3.8) is 0 Å². The molecule has 5 N–H and O–H groups in total. The molecule has 2 aromatic rings. The van der Waals surface area contributed by atoms with Crippen LogP contribution < -0.4 is 20.9 Å². The molecule has 2 aliphatic heterocycles. The lowest BCUT2D eigenvalue weighted by molar-refractivity contribution is -0.689. The molecule has 14 nitrogen and oxygen atoms in total. The number of β-lactam (4-membered cyclic amide) rings is 1. The zero-order chi connectivity index (χ0) is 25.1. The first-order valence-corrected chi connectivity index (χ1v) is 11.9. The molecule has 2 aliphatic rings. The largest absolute Gasteiger partial charge is 0.477 e. The number of nitrogens with one attached hydrogen (secondary N) is 2. The van der Waals surface area contributed by atoms with E-state index in [0.29, 0.717) is 11.3 Å². The molecule has 4 heterocycles. The Morgan fingerprint density at radius 1 is 1.37 bits per heavy atom. The summed E-state index contributed by atoms with van der Waals surface area (Å²) in [5.41, 5.74) is 5.75. The van der Waals surface area contributed by atoms with E-state index in [-0.39, 0.29) is 28.8 Å². The van der Waals surface area contributed by atoms with Crippen molar-refractivity contribution in [1.82, 2.24) is 25.5 Å². The maximum Gasteiger partial charge on any atom is 0.433 e. The number of aromatic nitrogens is 3. The van der Waals surface area contributed by atoms with Gasteiger partial charge in [-0.3, -0.25) is 24.3 Å². The highest BCUT2D eigenvalue weighted by Crippen LogP contribution is 2.40. The fraction of sp³-hybridized carbons (Fsp3) is 0.263. The molecule has 1 unspecified atom stereocenters. The number of oxime groups is 1. The second-order valence-electron chi connectivity index (χ2n) is 7.18. The number of carbonyl (C=O) groups is 4. The predicted octanol–water partition coefficient (Wildman–Crippen LogP) is -1.09. The summed E-state index contributed by atoms with van der Waals surface area (Å²) < 4.78 is 1.75. The Hall–Kier alpha value is -4.05. The van der Waals surface area contributed by atoms with Crippen LogP contribution >= 0.6 is 23.1 Å². The van der Waals surface area contributed by atoms with E-state index < -0.39 is 35.3 Å². The standard InChI is InChI=1S/C19H18N8O6S2/c1-21-19(32)33-25-11(10-8-35-18(20)23-10)14(28)24-12-15(29)27-13(17(30)31)9(7-34-16(12)27)6-26-4-2-22-3-5-26/h2-5,8,12,16H,6-7H2,1H3,(H4-,20,21,23,24,28,30,31,32)/p+1/b25-11+/t12?,16-/m1/s1. The molecular weight excluding hydrogens is 500 g/mol. The minimum absolute atomic E-state index is 0.0524. The van der Waals surface area contributed by atoms with Gasteiger partial charge in [0.2, 0.25) is 0 Å². The van der Waals surface area contributed by atoms with Crippen molar-refractivity contribution in [2.24, 2.45) is 5.16 Å². The second-order valence-corrected chi connectivity index (χ2v) is 9.17. The minimum Gasteiger partial charge on any atom is -0.477 e. The van der Waals surface area contributed by atoms with Gasteiger partial charge in [0.05, 0.1) is 12.4 Å². The molecule has 3 amide bonds. The van der Waals surface area contributed by atoms with Gasteiger partial charge in [-0.2, -0.15) is 4.57 Å². The van der Waals surface area contributed by atoms with Gasteiger partial charge >= 0.3 is 12.1 Å².